The minimum atomic E-state index is -2.93. The minimum absolute atomic E-state index is 0.119. The lowest BCUT2D eigenvalue weighted by molar-refractivity contribution is 0.601. The zero-order valence-corrected chi connectivity index (χ0v) is 10.2. The molecule has 0 atom stereocenters. The van der Waals surface area contributed by atoms with Crippen LogP contribution in [0.4, 0.5) is 5.82 Å². The number of hydrogen-bond acceptors (Lipinski definition) is 4. The summed E-state index contributed by atoms with van der Waals surface area (Å²) < 4.78 is 21.9. The van der Waals surface area contributed by atoms with Crippen molar-refractivity contribution in [2.24, 2.45) is 0 Å². The summed E-state index contributed by atoms with van der Waals surface area (Å²) in [5.41, 5.74) is 0. The molecule has 4 nitrogen and oxygen atoms in total. The molecule has 84 valence electrons. The summed E-state index contributed by atoms with van der Waals surface area (Å²) in [5.74, 6) is 0.830. The quantitative estimate of drug-likeness (QED) is 0.804. The van der Waals surface area contributed by atoms with Crippen LogP contribution in [0.15, 0.2) is 18.3 Å². The number of hydrogen-bond donors (Lipinski definition) is 0. The maximum absolute atomic E-state index is 11.0. The summed E-state index contributed by atoms with van der Waals surface area (Å²) in [4.78, 5) is 5.85. The summed E-state index contributed by atoms with van der Waals surface area (Å²) in [6.07, 6.45) is 2.75. The van der Waals surface area contributed by atoms with Gasteiger partial charge in [-0.05, 0) is 12.1 Å². The summed E-state index contributed by atoms with van der Waals surface area (Å²) >= 11 is 5.69. The molecule has 0 radical (unpaired) electrons. The Morgan fingerprint density at radius 1 is 1.47 bits per heavy atom. The molecular weight excluding hydrogens is 236 g/mol. The molecule has 0 bridgehead atoms. The van der Waals surface area contributed by atoms with Crippen LogP contribution in [0.3, 0.4) is 0 Å². The first-order valence-corrected chi connectivity index (χ1v) is 6.83. The maximum atomic E-state index is 11.0. The lowest BCUT2D eigenvalue weighted by atomic mass is 10.4. The van der Waals surface area contributed by atoms with Gasteiger partial charge in [0.05, 0.1) is 10.8 Å². The van der Waals surface area contributed by atoms with Crippen molar-refractivity contribution in [2.75, 3.05) is 30.5 Å². The van der Waals surface area contributed by atoms with E-state index in [2.05, 4.69) is 4.98 Å². The van der Waals surface area contributed by atoms with E-state index in [-0.39, 0.29) is 5.75 Å². The Balaban J connectivity index is 2.61. The van der Waals surface area contributed by atoms with E-state index >= 15 is 0 Å². The smallest absolute Gasteiger partial charge is 0.149 e. The monoisotopic (exact) mass is 248 g/mol. The second-order valence-electron chi connectivity index (χ2n) is 3.39. The predicted octanol–water partition coefficient (Wildman–Crippen LogP) is 1.22. The third kappa shape index (κ3) is 4.48. The van der Waals surface area contributed by atoms with Crippen LogP contribution in [0.2, 0.25) is 5.02 Å². The van der Waals surface area contributed by atoms with Gasteiger partial charge in [0.1, 0.15) is 15.7 Å². The molecule has 1 aromatic heterocycles. The van der Waals surface area contributed by atoms with Crippen LogP contribution in [0.1, 0.15) is 0 Å². The van der Waals surface area contributed by atoms with Gasteiger partial charge in [-0.15, -0.1) is 0 Å². The highest BCUT2D eigenvalue weighted by Crippen LogP contribution is 2.12. The third-order valence-corrected chi connectivity index (χ3v) is 3.05. The minimum Gasteiger partial charge on any atom is -0.359 e. The van der Waals surface area contributed by atoms with Crippen LogP contribution < -0.4 is 4.90 Å². The van der Waals surface area contributed by atoms with Gasteiger partial charge in [-0.2, -0.15) is 0 Å². The first-order chi connectivity index (χ1) is 6.88. The number of sulfone groups is 1. The van der Waals surface area contributed by atoms with Gasteiger partial charge in [0.15, 0.2) is 0 Å². The van der Waals surface area contributed by atoms with Gasteiger partial charge in [-0.1, -0.05) is 11.6 Å². The molecule has 1 aromatic rings. The zero-order valence-electron chi connectivity index (χ0n) is 8.64. The van der Waals surface area contributed by atoms with E-state index in [1.807, 2.05) is 0 Å². The van der Waals surface area contributed by atoms with Gasteiger partial charge in [-0.3, -0.25) is 0 Å². The second kappa shape index (κ2) is 4.81. The van der Waals surface area contributed by atoms with Gasteiger partial charge < -0.3 is 4.90 Å². The van der Waals surface area contributed by atoms with Crippen molar-refractivity contribution in [3.05, 3.63) is 23.4 Å². The molecule has 0 saturated heterocycles. The summed E-state index contributed by atoms with van der Waals surface area (Å²) in [5, 5.41) is 0.565. The molecule has 0 aliphatic heterocycles. The van der Waals surface area contributed by atoms with Crippen LogP contribution in [-0.4, -0.2) is 39.0 Å². The van der Waals surface area contributed by atoms with Crippen LogP contribution in [0.5, 0.6) is 0 Å². The Hall–Kier alpha value is -0.810. The molecule has 0 aromatic carbocycles. The molecule has 0 unspecified atom stereocenters. The largest absolute Gasteiger partial charge is 0.359 e. The highest BCUT2D eigenvalue weighted by atomic mass is 35.5. The zero-order chi connectivity index (χ0) is 11.5. The SMILES string of the molecule is CN(CCS(C)(=O)=O)c1ccc(Cl)cn1. The normalized spacial score (nSPS) is 11.4. The fourth-order valence-corrected chi connectivity index (χ4v) is 1.73. The molecule has 0 saturated carbocycles. The number of anilines is 1. The van der Waals surface area contributed by atoms with Gasteiger partial charge in [-0.25, -0.2) is 13.4 Å². The maximum Gasteiger partial charge on any atom is 0.149 e. The van der Waals surface area contributed by atoms with Crippen LogP contribution >= 0.6 is 11.6 Å². The van der Waals surface area contributed by atoms with E-state index < -0.39 is 9.84 Å². The van der Waals surface area contributed by atoms with Crippen molar-refractivity contribution < 1.29 is 8.42 Å². The van der Waals surface area contributed by atoms with Gasteiger partial charge >= 0.3 is 0 Å². The molecule has 0 N–H and O–H groups in total. The standard InChI is InChI=1S/C9H13ClN2O2S/c1-12(5-6-15(2,13)14)9-4-3-8(10)7-11-9/h3-4,7H,5-6H2,1-2H3. The topological polar surface area (TPSA) is 50.3 Å². The van der Waals surface area contributed by atoms with E-state index in [0.717, 1.165) is 0 Å². The lowest BCUT2D eigenvalue weighted by Crippen LogP contribution is -2.25. The average molecular weight is 249 g/mol. The molecule has 1 rings (SSSR count). The first kappa shape index (κ1) is 12.3. The van der Waals surface area contributed by atoms with Crippen molar-refractivity contribution in [1.29, 1.82) is 0 Å². The Kier molecular flexibility index (Phi) is 3.93. The number of halogens is 1. The molecular formula is C9H13ClN2O2S. The molecule has 0 fully saturated rings. The number of rotatable bonds is 4. The van der Waals surface area contributed by atoms with Crippen molar-refractivity contribution >= 4 is 27.3 Å². The van der Waals surface area contributed by atoms with Crippen LogP contribution in [-0.2, 0) is 9.84 Å². The van der Waals surface area contributed by atoms with Crippen molar-refractivity contribution in [3.63, 3.8) is 0 Å². The molecule has 6 heteroatoms. The van der Waals surface area contributed by atoms with E-state index in [9.17, 15) is 8.42 Å². The highest BCUT2D eigenvalue weighted by Gasteiger charge is 2.06. The Labute approximate surface area is 94.8 Å². The Bertz CT molecular complexity index is 416. The molecule has 15 heavy (non-hydrogen) atoms. The van der Waals surface area contributed by atoms with Crippen molar-refractivity contribution in [3.8, 4) is 0 Å². The van der Waals surface area contributed by atoms with Crippen LogP contribution in [0, 0.1) is 0 Å². The second-order valence-corrected chi connectivity index (χ2v) is 6.08. The van der Waals surface area contributed by atoms with Crippen molar-refractivity contribution in [2.45, 2.75) is 0 Å². The number of nitrogens with zero attached hydrogens (tertiary/aromatic N) is 2. The average Bonchev–Trinajstić information content (AvgIpc) is 2.14. The Morgan fingerprint density at radius 2 is 2.13 bits per heavy atom. The van der Waals surface area contributed by atoms with Gasteiger partial charge in [0, 0.05) is 26.0 Å². The number of pyridine rings is 1. The molecule has 0 spiro atoms. The fourth-order valence-electron chi connectivity index (χ4n) is 1.01. The molecule has 1 heterocycles. The van der Waals surface area contributed by atoms with Crippen LogP contribution in [0.25, 0.3) is 0 Å². The van der Waals surface area contributed by atoms with E-state index in [4.69, 9.17) is 11.6 Å². The molecule has 0 amide bonds. The third-order valence-electron chi connectivity index (χ3n) is 1.90. The summed E-state index contributed by atoms with van der Waals surface area (Å²) in [7, 11) is -1.14. The fraction of sp³-hybridized carbons (Fsp3) is 0.444. The first-order valence-electron chi connectivity index (χ1n) is 4.39. The summed E-state index contributed by atoms with van der Waals surface area (Å²) in [6, 6.07) is 3.48. The van der Waals surface area contributed by atoms with Crippen molar-refractivity contribution in [1.82, 2.24) is 4.98 Å². The van der Waals surface area contributed by atoms with E-state index in [1.165, 1.54) is 12.5 Å². The van der Waals surface area contributed by atoms with E-state index in [1.54, 1.807) is 24.1 Å². The summed E-state index contributed by atoms with van der Waals surface area (Å²) in [6.45, 7) is 0.424. The molecule has 0 aliphatic rings. The molecule has 0 aliphatic carbocycles. The van der Waals surface area contributed by atoms with E-state index in [0.29, 0.717) is 17.4 Å². The predicted molar refractivity (Wildman–Crippen MR) is 62.2 cm³/mol. The van der Waals surface area contributed by atoms with Gasteiger partial charge in [0.25, 0.3) is 0 Å². The highest BCUT2D eigenvalue weighted by molar-refractivity contribution is 7.90. The lowest BCUT2D eigenvalue weighted by Gasteiger charge is -2.17. The number of aromatic nitrogens is 1. The Morgan fingerprint density at radius 3 is 2.60 bits per heavy atom. The van der Waals surface area contributed by atoms with Gasteiger partial charge in [0.2, 0.25) is 0 Å².